The minimum atomic E-state index is -4.55. The first-order valence-corrected chi connectivity index (χ1v) is 8.83. The number of halogens is 3. The first-order chi connectivity index (χ1) is 13.4. The molecule has 28 heavy (non-hydrogen) atoms. The van der Waals surface area contributed by atoms with Gasteiger partial charge in [0.25, 0.3) is 5.91 Å². The number of anilines is 1. The molecule has 3 aromatic heterocycles. The molecule has 0 bridgehead atoms. The molecule has 142 valence electrons. The van der Waals surface area contributed by atoms with Crippen LogP contribution in [-0.2, 0) is 6.18 Å². The van der Waals surface area contributed by atoms with Gasteiger partial charge in [-0.25, -0.2) is 4.68 Å². The maximum absolute atomic E-state index is 13.1. The number of amides is 1. The maximum atomic E-state index is 13.1. The largest absolute Gasteiger partial charge is 0.435 e. The van der Waals surface area contributed by atoms with Crippen LogP contribution < -0.4 is 5.32 Å². The molecule has 0 aliphatic carbocycles. The number of benzene rings is 1. The standard InChI is InChI=1S/C18H11F3N4O2S/c19-18(20,21)16-10-13(15-2-1-9-28-15)25(24-16)12-5-3-11(4-6-12)23-17(26)14-7-8-22-27-14/h1-10H,(H,23,26). The van der Waals surface area contributed by atoms with Crippen LogP contribution in [0.5, 0.6) is 0 Å². The number of carbonyl (C=O) groups excluding carboxylic acids is 1. The highest BCUT2D eigenvalue weighted by molar-refractivity contribution is 7.13. The van der Waals surface area contributed by atoms with Crippen molar-refractivity contribution in [3.05, 3.63) is 71.6 Å². The first-order valence-electron chi connectivity index (χ1n) is 7.95. The Balaban J connectivity index is 1.65. The van der Waals surface area contributed by atoms with Crippen molar-refractivity contribution in [1.82, 2.24) is 14.9 Å². The lowest BCUT2D eigenvalue weighted by atomic mass is 10.2. The summed E-state index contributed by atoms with van der Waals surface area (Å²) in [6, 6.07) is 12.2. The Hall–Kier alpha value is -3.40. The second kappa shape index (κ2) is 6.97. The quantitative estimate of drug-likeness (QED) is 0.527. The summed E-state index contributed by atoms with van der Waals surface area (Å²) >= 11 is 1.32. The highest BCUT2D eigenvalue weighted by atomic mass is 32.1. The van der Waals surface area contributed by atoms with Gasteiger partial charge >= 0.3 is 6.18 Å². The zero-order valence-corrected chi connectivity index (χ0v) is 14.8. The van der Waals surface area contributed by atoms with E-state index in [0.29, 0.717) is 21.9 Å². The predicted molar refractivity (Wildman–Crippen MR) is 96.3 cm³/mol. The number of rotatable bonds is 4. The fraction of sp³-hybridized carbons (Fsp3) is 0.0556. The van der Waals surface area contributed by atoms with Crippen LogP contribution in [0.4, 0.5) is 18.9 Å². The molecule has 0 unspecified atom stereocenters. The maximum Gasteiger partial charge on any atom is 0.435 e. The summed E-state index contributed by atoms with van der Waals surface area (Å²) in [5.74, 6) is -0.436. The summed E-state index contributed by atoms with van der Waals surface area (Å²) < 4.78 is 45.4. The smallest absolute Gasteiger partial charge is 0.351 e. The Bertz CT molecular complexity index is 1090. The lowest BCUT2D eigenvalue weighted by Gasteiger charge is -2.08. The molecule has 0 atom stereocenters. The van der Waals surface area contributed by atoms with Gasteiger partial charge in [0.1, 0.15) is 0 Å². The molecule has 6 nitrogen and oxygen atoms in total. The normalized spacial score (nSPS) is 11.5. The molecule has 1 N–H and O–H groups in total. The third kappa shape index (κ3) is 3.54. The number of hydrogen-bond donors (Lipinski definition) is 1. The van der Waals surface area contributed by atoms with Crippen molar-refractivity contribution in [3.63, 3.8) is 0 Å². The van der Waals surface area contributed by atoms with E-state index in [-0.39, 0.29) is 5.76 Å². The predicted octanol–water partition coefficient (Wildman–Crippen LogP) is 4.86. The number of thiophene rings is 1. The zero-order valence-electron chi connectivity index (χ0n) is 14.0. The Morgan fingerprint density at radius 3 is 2.54 bits per heavy atom. The van der Waals surface area contributed by atoms with Gasteiger partial charge in [-0.05, 0) is 41.8 Å². The molecule has 3 heterocycles. The second-order valence-corrected chi connectivity index (χ2v) is 6.63. The molecular weight excluding hydrogens is 393 g/mol. The van der Waals surface area contributed by atoms with E-state index >= 15 is 0 Å². The molecule has 1 amide bonds. The van der Waals surface area contributed by atoms with Gasteiger partial charge in [-0.1, -0.05) is 11.2 Å². The van der Waals surface area contributed by atoms with Crippen molar-refractivity contribution in [2.24, 2.45) is 0 Å². The molecule has 1 aromatic carbocycles. The van der Waals surface area contributed by atoms with Gasteiger partial charge in [0.05, 0.1) is 22.5 Å². The van der Waals surface area contributed by atoms with E-state index in [0.717, 1.165) is 6.07 Å². The zero-order chi connectivity index (χ0) is 19.7. The van der Waals surface area contributed by atoms with Crippen LogP contribution in [0, 0.1) is 0 Å². The highest BCUT2D eigenvalue weighted by Crippen LogP contribution is 2.34. The van der Waals surface area contributed by atoms with Gasteiger partial charge in [0.2, 0.25) is 5.76 Å². The van der Waals surface area contributed by atoms with Crippen molar-refractivity contribution in [2.45, 2.75) is 6.18 Å². The number of hydrogen-bond acceptors (Lipinski definition) is 5. The van der Waals surface area contributed by atoms with E-state index in [1.54, 1.807) is 41.8 Å². The summed E-state index contributed by atoms with van der Waals surface area (Å²) in [6.45, 7) is 0. The van der Waals surface area contributed by atoms with Gasteiger partial charge < -0.3 is 9.84 Å². The number of aromatic nitrogens is 3. The van der Waals surface area contributed by atoms with E-state index in [1.165, 1.54) is 28.3 Å². The van der Waals surface area contributed by atoms with Crippen molar-refractivity contribution in [2.75, 3.05) is 5.32 Å². The van der Waals surface area contributed by atoms with Crippen LogP contribution in [0.15, 0.2) is 64.6 Å². The average Bonchev–Trinajstić information content (AvgIpc) is 3.41. The van der Waals surface area contributed by atoms with Gasteiger partial charge in [0, 0.05) is 11.8 Å². The average molecular weight is 404 g/mol. The monoisotopic (exact) mass is 404 g/mol. The van der Waals surface area contributed by atoms with Crippen molar-refractivity contribution < 1.29 is 22.5 Å². The molecule has 0 saturated heterocycles. The lowest BCUT2D eigenvalue weighted by Crippen LogP contribution is -2.11. The molecule has 0 aliphatic rings. The SMILES string of the molecule is O=C(Nc1ccc(-n2nc(C(F)(F)F)cc2-c2cccs2)cc1)c1ccno1. The summed E-state index contributed by atoms with van der Waals surface area (Å²) in [7, 11) is 0. The number of carbonyl (C=O) groups is 1. The molecular formula is C18H11F3N4O2S. The van der Waals surface area contributed by atoms with E-state index < -0.39 is 17.8 Å². The highest BCUT2D eigenvalue weighted by Gasteiger charge is 2.35. The lowest BCUT2D eigenvalue weighted by molar-refractivity contribution is -0.141. The molecule has 0 radical (unpaired) electrons. The Kier molecular flexibility index (Phi) is 4.47. The van der Waals surface area contributed by atoms with Crippen molar-refractivity contribution in [3.8, 4) is 16.3 Å². The number of nitrogens with zero attached hydrogens (tertiary/aromatic N) is 3. The number of alkyl halides is 3. The number of nitrogens with one attached hydrogen (secondary N) is 1. The van der Waals surface area contributed by atoms with Crippen molar-refractivity contribution >= 4 is 22.9 Å². The van der Waals surface area contributed by atoms with Crippen LogP contribution >= 0.6 is 11.3 Å². The third-order valence-electron chi connectivity index (χ3n) is 3.80. The minimum Gasteiger partial charge on any atom is -0.351 e. The van der Waals surface area contributed by atoms with E-state index in [4.69, 9.17) is 4.52 Å². The summed E-state index contributed by atoms with van der Waals surface area (Å²) in [6.07, 6.45) is -3.21. The summed E-state index contributed by atoms with van der Waals surface area (Å²) in [4.78, 5) is 12.6. The second-order valence-electron chi connectivity index (χ2n) is 5.68. The Morgan fingerprint density at radius 2 is 1.93 bits per heavy atom. The fourth-order valence-corrected chi connectivity index (χ4v) is 3.25. The first kappa shape index (κ1) is 18.0. The van der Waals surface area contributed by atoms with Crippen LogP contribution in [0.1, 0.15) is 16.2 Å². The molecule has 0 fully saturated rings. The van der Waals surface area contributed by atoms with Gasteiger partial charge in [-0.15, -0.1) is 11.3 Å². The molecule has 10 heteroatoms. The van der Waals surface area contributed by atoms with E-state index in [9.17, 15) is 18.0 Å². The Labute approximate surface area is 160 Å². The molecule has 0 aliphatic heterocycles. The topological polar surface area (TPSA) is 73.0 Å². The van der Waals surface area contributed by atoms with Crippen LogP contribution in [0.2, 0.25) is 0 Å². The summed E-state index contributed by atoms with van der Waals surface area (Å²) in [5, 5.41) is 11.6. The fourth-order valence-electron chi connectivity index (χ4n) is 2.53. The van der Waals surface area contributed by atoms with Gasteiger partial charge in [-0.2, -0.15) is 18.3 Å². The van der Waals surface area contributed by atoms with Crippen LogP contribution in [0.3, 0.4) is 0 Å². The molecule has 4 aromatic rings. The molecule has 4 rings (SSSR count). The van der Waals surface area contributed by atoms with E-state index in [2.05, 4.69) is 15.6 Å². The van der Waals surface area contributed by atoms with Crippen LogP contribution in [0.25, 0.3) is 16.3 Å². The Morgan fingerprint density at radius 1 is 1.14 bits per heavy atom. The molecule has 0 saturated carbocycles. The minimum absolute atomic E-state index is 0.0472. The van der Waals surface area contributed by atoms with E-state index in [1.807, 2.05) is 0 Å². The van der Waals surface area contributed by atoms with Gasteiger partial charge in [-0.3, -0.25) is 4.79 Å². The summed E-state index contributed by atoms with van der Waals surface area (Å²) in [5.41, 5.74) is 0.238. The van der Waals surface area contributed by atoms with Gasteiger partial charge in [0.15, 0.2) is 5.69 Å². The molecule has 0 spiro atoms. The van der Waals surface area contributed by atoms with Crippen molar-refractivity contribution in [1.29, 1.82) is 0 Å². The third-order valence-corrected chi connectivity index (χ3v) is 4.70. The van der Waals surface area contributed by atoms with Crippen LogP contribution in [-0.4, -0.2) is 20.8 Å².